The van der Waals surface area contributed by atoms with Crippen molar-refractivity contribution < 1.29 is 16.8 Å². The summed E-state index contributed by atoms with van der Waals surface area (Å²) < 4.78 is 47.9. The lowest BCUT2D eigenvalue weighted by Crippen LogP contribution is -2.42. The molecule has 0 spiro atoms. The van der Waals surface area contributed by atoms with Crippen LogP contribution in [0, 0.1) is 0 Å². The van der Waals surface area contributed by atoms with Crippen LogP contribution in [-0.2, 0) is 26.4 Å². The Bertz CT molecular complexity index is 838. The first-order valence-corrected chi connectivity index (χ1v) is 12.2. The molecular formula is C17H31IN4O4S2. The molecule has 0 saturated heterocycles. The highest BCUT2D eigenvalue weighted by molar-refractivity contribution is 14.0. The lowest BCUT2D eigenvalue weighted by atomic mass is 10.2. The van der Waals surface area contributed by atoms with Crippen molar-refractivity contribution in [3.63, 3.8) is 0 Å². The maximum atomic E-state index is 12.1. The predicted molar refractivity (Wildman–Crippen MR) is 124 cm³/mol. The number of sulfone groups is 1. The Balaban J connectivity index is 0.00000729. The SMILES string of the molecule is CCNC(=NCc1ccc(S(=O)(=O)N(C)C)cc1)NC(C)CCS(C)(=O)=O.I. The summed E-state index contributed by atoms with van der Waals surface area (Å²) in [6.45, 7) is 4.89. The van der Waals surface area contributed by atoms with E-state index in [4.69, 9.17) is 0 Å². The van der Waals surface area contributed by atoms with Gasteiger partial charge in [0.1, 0.15) is 9.84 Å². The summed E-state index contributed by atoms with van der Waals surface area (Å²) in [6.07, 6.45) is 1.71. The summed E-state index contributed by atoms with van der Waals surface area (Å²) in [6, 6.07) is 6.54. The first-order valence-electron chi connectivity index (χ1n) is 8.69. The molecule has 1 unspecified atom stereocenters. The molecule has 0 saturated carbocycles. The van der Waals surface area contributed by atoms with E-state index in [-0.39, 0.29) is 40.7 Å². The summed E-state index contributed by atoms with van der Waals surface area (Å²) >= 11 is 0. The molecule has 2 N–H and O–H groups in total. The molecule has 0 aliphatic carbocycles. The predicted octanol–water partition coefficient (Wildman–Crippen LogP) is 1.43. The number of rotatable bonds is 9. The van der Waals surface area contributed by atoms with Gasteiger partial charge in [-0.05, 0) is 38.0 Å². The van der Waals surface area contributed by atoms with Crippen LogP contribution >= 0.6 is 24.0 Å². The van der Waals surface area contributed by atoms with Gasteiger partial charge in [-0.2, -0.15) is 0 Å². The number of guanidine groups is 1. The third kappa shape index (κ3) is 9.52. The average Bonchev–Trinajstić information content (AvgIpc) is 2.57. The minimum atomic E-state index is -3.44. The molecule has 8 nitrogen and oxygen atoms in total. The van der Waals surface area contributed by atoms with Crippen molar-refractivity contribution in [2.24, 2.45) is 4.99 Å². The second-order valence-electron chi connectivity index (χ2n) is 6.59. The standard InChI is InChI=1S/C17H30N4O4S2.HI/c1-6-18-17(20-14(2)11-12-26(5,22)23)19-13-15-7-9-16(10-8-15)27(24,25)21(3)4;/h7-10,14H,6,11-13H2,1-5H3,(H2,18,19,20);1H. The van der Waals surface area contributed by atoms with Gasteiger partial charge < -0.3 is 10.6 Å². The smallest absolute Gasteiger partial charge is 0.242 e. The molecule has 0 aromatic heterocycles. The van der Waals surface area contributed by atoms with E-state index in [1.807, 2.05) is 13.8 Å². The molecule has 162 valence electrons. The molecule has 0 fully saturated rings. The van der Waals surface area contributed by atoms with E-state index in [0.29, 0.717) is 25.5 Å². The van der Waals surface area contributed by atoms with E-state index < -0.39 is 19.9 Å². The molecule has 1 rings (SSSR count). The highest BCUT2D eigenvalue weighted by Crippen LogP contribution is 2.14. The van der Waals surface area contributed by atoms with Crippen LogP contribution in [0.4, 0.5) is 0 Å². The van der Waals surface area contributed by atoms with Crippen LogP contribution in [0.5, 0.6) is 0 Å². The number of nitrogens with zero attached hydrogens (tertiary/aromatic N) is 2. The van der Waals surface area contributed by atoms with Crippen molar-refractivity contribution in [3.8, 4) is 0 Å². The second-order valence-corrected chi connectivity index (χ2v) is 11.0. The Hall–Kier alpha value is -0.920. The zero-order valence-corrected chi connectivity index (χ0v) is 20.9. The fourth-order valence-electron chi connectivity index (χ4n) is 2.16. The van der Waals surface area contributed by atoms with Gasteiger partial charge in [0.2, 0.25) is 10.0 Å². The van der Waals surface area contributed by atoms with E-state index in [1.165, 1.54) is 24.7 Å². The monoisotopic (exact) mass is 546 g/mol. The highest BCUT2D eigenvalue weighted by atomic mass is 127. The van der Waals surface area contributed by atoms with Gasteiger partial charge >= 0.3 is 0 Å². The molecule has 0 aliphatic rings. The van der Waals surface area contributed by atoms with Crippen LogP contribution < -0.4 is 10.6 Å². The van der Waals surface area contributed by atoms with Crippen molar-refractivity contribution in [1.29, 1.82) is 0 Å². The maximum Gasteiger partial charge on any atom is 0.242 e. The second kappa shape index (κ2) is 11.9. The topological polar surface area (TPSA) is 108 Å². The number of benzene rings is 1. The van der Waals surface area contributed by atoms with Crippen molar-refractivity contribution >= 4 is 49.8 Å². The van der Waals surface area contributed by atoms with Crippen molar-refractivity contribution in [2.45, 2.75) is 37.8 Å². The lowest BCUT2D eigenvalue weighted by Gasteiger charge is -2.17. The number of hydrogen-bond donors (Lipinski definition) is 2. The van der Waals surface area contributed by atoms with Gasteiger partial charge in [0.25, 0.3) is 0 Å². The van der Waals surface area contributed by atoms with Gasteiger partial charge in [0, 0.05) is 32.9 Å². The van der Waals surface area contributed by atoms with Crippen molar-refractivity contribution in [2.75, 3.05) is 32.6 Å². The third-order valence-corrected chi connectivity index (χ3v) is 6.58. The Morgan fingerprint density at radius 1 is 1.14 bits per heavy atom. The zero-order chi connectivity index (χ0) is 20.7. The molecule has 1 aromatic carbocycles. The van der Waals surface area contributed by atoms with Gasteiger partial charge in [-0.25, -0.2) is 26.1 Å². The highest BCUT2D eigenvalue weighted by Gasteiger charge is 2.16. The number of sulfonamides is 1. The van der Waals surface area contributed by atoms with Crippen LogP contribution in [0.15, 0.2) is 34.2 Å². The quantitative estimate of drug-likeness (QED) is 0.276. The first-order chi connectivity index (χ1) is 12.5. The first kappa shape index (κ1) is 27.1. The molecule has 0 bridgehead atoms. The molecule has 28 heavy (non-hydrogen) atoms. The number of aliphatic imine (C=N–C) groups is 1. The number of nitrogens with one attached hydrogen (secondary N) is 2. The van der Waals surface area contributed by atoms with Gasteiger partial charge in [-0.3, -0.25) is 0 Å². The van der Waals surface area contributed by atoms with Gasteiger partial charge in [-0.1, -0.05) is 12.1 Å². The van der Waals surface area contributed by atoms with Crippen molar-refractivity contribution in [1.82, 2.24) is 14.9 Å². The Kier molecular flexibility index (Phi) is 11.5. The molecule has 1 aromatic rings. The Labute approximate surface area is 186 Å². The fourth-order valence-corrected chi connectivity index (χ4v) is 3.85. The number of halogens is 1. The Morgan fingerprint density at radius 3 is 2.18 bits per heavy atom. The number of hydrogen-bond acceptors (Lipinski definition) is 5. The molecule has 1 atom stereocenters. The van der Waals surface area contributed by atoms with Crippen LogP contribution in [0.1, 0.15) is 25.8 Å². The summed E-state index contributed by atoms with van der Waals surface area (Å²) in [5, 5.41) is 6.30. The fraction of sp³-hybridized carbons (Fsp3) is 0.588. The van der Waals surface area contributed by atoms with Crippen LogP contribution in [0.25, 0.3) is 0 Å². The maximum absolute atomic E-state index is 12.1. The summed E-state index contributed by atoms with van der Waals surface area (Å²) in [4.78, 5) is 4.72. The van der Waals surface area contributed by atoms with E-state index in [9.17, 15) is 16.8 Å². The van der Waals surface area contributed by atoms with Crippen LogP contribution in [0.3, 0.4) is 0 Å². The van der Waals surface area contributed by atoms with E-state index in [1.54, 1.807) is 24.3 Å². The normalized spacial score (nSPS) is 13.7. The minimum absolute atomic E-state index is 0. The largest absolute Gasteiger partial charge is 0.357 e. The molecule has 0 aliphatic heterocycles. The van der Waals surface area contributed by atoms with Gasteiger partial charge in [0.15, 0.2) is 5.96 Å². The molecule has 11 heteroatoms. The Morgan fingerprint density at radius 2 is 1.71 bits per heavy atom. The minimum Gasteiger partial charge on any atom is -0.357 e. The average molecular weight is 546 g/mol. The van der Waals surface area contributed by atoms with E-state index >= 15 is 0 Å². The van der Waals surface area contributed by atoms with E-state index in [2.05, 4.69) is 15.6 Å². The molecule has 0 amide bonds. The molecular weight excluding hydrogens is 515 g/mol. The molecule has 0 radical (unpaired) electrons. The zero-order valence-electron chi connectivity index (χ0n) is 17.0. The van der Waals surface area contributed by atoms with Crippen LogP contribution in [-0.4, -0.2) is 65.8 Å². The summed E-state index contributed by atoms with van der Waals surface area (Å²) in [5.41, 5.74) is 0.869. The summed E-state index contributed by atoms with van der Waals surface area (Å²) in [5.74, 6) is 0.700. The van der Waals surface area contributed by atoms with E-state index in [0.717, 1.165) is 5.56 Å². The lowest BCUT2D eigenvalue weighted by molar-refractivity contribution is 0.520. The van der Waals surface area contributed by atoms with Gasteiger partial charge in [-0.15, -0.1) is 24.0 Å². The summed E-state index contributed by atoms with van der Waals surface area (Å²) in [7, 11) is -3.46. The third-order valence-electron chi connectivity index (χ3n) is 3.77. The molecule has 0 heterocycles. The van der Waals surface area contributed by atoms with Crippen LogP contribution in [0.2, 0.25) is 0 Å². The van der Waals surface area contributed by atoms with Gasteiger partial charge in [0.05, 0.1) is 17.2 Å². The van der Waals surface area contributed by atoms with Crippen molar-refractivity contribution in [3.05, 3.63) is 29.8 Å².